The third-order valence-corrected chi connectivity index (χ3v) is 7.95. The third-order valence-electron chi connectivity index (χ3n) is 7.95. The molecule has 0 aliphatic heterocycles. The molecule has 0 aliphatic carbocycles. The summed E-state index contributed by atoms with van der Waals surface area (Å²) in [5.74, 6) is -2.26. The first kappa shape index (κ1) is 47.7. The van der Waals surface area contributed by atoms with Crippen molar-refractivity contribution in [2.24, 2.45) is 0 Å². The Kier molecular flexibility index (Phi) is 27.0. The molecule has 16 heteroatoms. The maximum Gasteiger partial charge on any atom is 0.332 e. The Morgan fingerprint density at radius 1 is 0.625 bits per heavy atom. The van der Waals surface area contributed by atoms with E-state index in [-0.39, 0.29) is 78.0 Å². The molecule has 0 radical (unpaired) electrons. The molecule has 3 N–H and O–H groups in total. The summed E-state index contributed by atoms with van der Waals surface area (Å²) in [5, 5.41) is 5.26. The van der Waals surface area contributed by atoms with E-state index in [9.17, 15) is 24.0 Å². The fraction of sp³-hybridized carbons (Fsp3) is 0.575. The van der Waals surface area contributed by atoms with Gasteiger partial charge in [-0.3, -0.25) is 19.2 Å². The van der Waals surface area contributed by atoms with Crippen LogP contribution >= 0.6 is 0 Å². The fourth-order valence-electron chi connectivity index (χ4n) is 4.99. The Morgan fingerprint density at radius 3 is 1.86 bits per heavy atom. The number of nitrogens with one attached hydrogen (secondary N) is 3. The van der Waals surface area contributed by atoms with Gasteiger partial charge in [0.25, 0.3) is 5.91 Å². The number of ether oxygens (including phenoxy) is 6. The van der Waals surface area contributed by atoms with Crippen LogP contribution < -0.4 is 16.1 Å². The Bertz CT molecular complexity index is 1380. The zero-order valence-electron chi connectivity index (χ0n) is 32.9. The van der Waals surface area contributed by atoms with E-state index < -0.39 is 23.7 Å². The van der Waals surface area contributed by atoms with E-state index >= 15 is 0 Å². The molecule has 56 heavy (non-hydrogen) atoms. The number of amides is 4. The van der Waals surface area contributed by atoms with Crippen LogP contribution in [0.1, 0.15) is 49.3 Å². The maximum absolute atomic E-state index is 12.8. The van der Waals surface area contributed by atoms with Gasteiger partial charge in [-0.1, -0.05) is 54.6 Å². The van der Waals surface area contributed by atoms with E-state index in [0.717, 1.165) is 31.2 Å². The highest BCUT2D eigenvalue weighted by Gasteiger charge is 2.18. The minimum atomic E-state index is -0.649. The van der Waals surface area contributed by atoms with Crippen LogP contribution in [0.3, 0.4) is 0 Å². The molecule has 4 amide bonds. The second-order valence-electron chi connectivity index (χ2n) is 12.6. The second kappa shape index (κ2) is 31.7. The molecular formula is C40H60N4O12. The zero-order valence-corrected chi connectivity index (χ0v) is 32.9. The number of carbonyl (C=O) groups excluding carboxylic acids is 5. The highest BCUT2D eigenvalue weighted by molar-refractivity contribution is 5.85. The third kappa shape index (κ3) is 25.6. The highest BCUT2D eigenvalue weighted by Crippen LogP contribution is 2.11. The fourth-order valence-corrected chi connectivity index (χ4v) is 4.99. The number of hydrogen-bond donors (Lipinski definition) is 3. The standard InChI is InChI=1S/C40H60N4O12/c1-33(45)41-19-20-44(39(48)31-53-26-23-52-25-28-55-32-54-27-24-51-22-21-50-2)30-38(47)42-18-8-13-40(49)56-43-37(46)29-36-16-14-35(15-17-36)12-7-6-11-34-9-4-3-5-10-34/h3-5,9-10,14-17H,6-8,11-13,18-32H2,1-2H3,(H,41,45)(H,42,47)(H,43,46). The molecule has 0 aliphatic rings. The van der Waals surface area contributed by atoms with Crippen molar-refractivity contribution in [1.29, 1.82) is 0 Å². The number of unbranched alkanes of at least 4 members (excludes halogenated alkanes) is 1. The second-order valence-corrected chi connectivity index (χ2v) is 12.6. The van der Waals surface area contributed by atoms with E-state index in [2.05, 4.69) is 40.4 Å². The monoisotopic (exact) mass is 788 g/mol. The first-order chi connectivity index (χ1) is 27.3. The first-order valence-electron chi connectivity index (χ1n) is 19.0. The number of nitrogens with zero attached hydrogens (tertiary/aromatic N) is 1. The molecule has 16 nitrogen and oxygen atoms in total. The van der Waals surface area contributed by atoms with Gasteiger partial charge in [-0.15, -0.1) is 0 Å². The average molecular weight is 789 g/mol. The number of benzene rings is 2. The lowest BCUT2D eigenvalue weighted by Gasteiger charge is -2.22. The largest absolute Gasteiger partial charge is 0.382 e. The summed E-state index contributed by atoms with van der Waals surface area (Å²) in [5.41, 5.74) is 5.52. The summed E-state index contributed by atoms with van der Waals surface area (Å²) in [6, 6.07) is 18.2. The lowest BCUT2D eigenvalue weighted by Crippen LogP contribution is -2.45. The normalized spacial score (nSPS) is 10.8. The van der Waals surface area contributed by atoms with Crippen LogP contribution in [0.5, 0.6) is 0 Å². The van der Waals surface area contributed by atoms with Crippen molar-refractivity contribution in [1.82, 2.24) is 21.0 Å². The van der Waals surface area contributed by atoms with Crippen molar-refractivity contribution in [3.05, 3.63) is 71.3 Å². The lowest BCUT2D eigenvalue weighted by atomic mass is 10.0. The first-order valence-corrected chi connectivity index (χ1v) is 19.0. The molecule has 0 saturated carbocycles. The van der Waals surface area contributed by atoms with Gasteiger partial charge in [-0.05, 0) is 48.8 Å². The molecule has 0 atom stereocenters. The van der Waals surface area contributed by atoms with Gasteiger partial charge in [-0.2, -0.15) is 5.48 Å². The number of aryl methyl sites for hydroxylation is 2. The topological polar surface area (TPSA) is 189 Å². The van der Waals surface area contributed by atoms with Crippen molar-refractivity contribution in [3.63, 3.8) is 0 Å². The molecule has 0 fully saturated rings. The van der Waals surface area contributed by atoms with Crippen molar-refractivity contribution in [2.45, 2.75) is 51.9 Å². The van der Waals surface area contributed by atoms with Crippen molar-refractivity contribution in [2.75, 3.05) is 99.5 Å². The minimum Gasteiger partial charge on any atom is -0.382 e. The van der Waals surface area contributed by atoms with Gasteiger partial charge in [-0.25, -0.2) is 4.79 Å². The number of hydroxylamine groups is 1. The summed E-state index contributed by atoms with van der Waals surface area (Å²) >= 11 is 0. The van der Waals surface area contributed by atoms with E-state index in [0.29, 0.717) is 39.6 Å². The van der Waals surface area contributed by atoms with E-state index in [1.165, 1.54) is 23.0 Å². The lowest BCUT2D eigenvalue weighted by molar-refractivity contribution is -0.158. The van der Waals surface area contributed by atoms with Crippen LogP contribution in [0.4, 0.5) is 0 Å². The number of carbonyl (C=O) groups is 5. The smallest absolute Gasteiger partial charge is 0.332 e. The number of rotatable bonds is 32. The molecular weight excluding hydrogens is 728 g/mol. The van der Waals surface area contributed by atoms with Crippen LogP contribution in [0.2, 0.25) is 0 Å². The van der Waals surface area contributed by atoms with Crippen LogP contribution in [0.25, 0.3) is 0 Å². The Labute approximate surface area is 330 Å². The van der Waals surface area contributed by atoms with Gasteiger partial charge in [0.05, 0.1) is 65.8 Å². The summed E-state index contributed by atoms with van der Waals surface area (Å²) in [7, 11) is 1.61. The van der Waals surface area contributed by atoms with E-state index in [1.807, 2.05) is 30.3 Å². The minimum absolute atomic E-state index is 0.0500. The summed E-state index contributed by atoms with van der Waals surface area (Å²) in [6.07, 6.45) is 4.45. The van der Waals surface area contributed by atoms with E-state index in [1.54, 1.807) is 7.11 Å². The van der Waals surface area contributed by atoms with Gasteiger partial charge >= 0.3 is 5.97 Å². The quantitative estimate of drug-likeness (QED) is 0.0556. The molecule has 312 valence electrons. The van der Waals surface area contributed by atoms with Gasteiger partial charge in [0.15, 0.2) is 0 Å². The molecule has 0 spiro atoms. The molecule has 2 aromatic rings. The highest BCUT2D eigenvalue weighted by atomic mass is 16.7. The molecule has 0 heterocycles. The zero-order chi connectivity index (χ0) is 40.5. The Hall–Kier alpha value is -4.45. The summed E-state index contributed by atoms with van der Waals surface area (Å²) in [6.45, 7) is 4.19. The SMILES string of the molecule is COCCOCCOCOCCOCCOCC(=O)N(CCNC(C)=O)CC(=O)NCCCC(=O)ONC(=O)Cc1ccc(CCCCc2ccccc2)cc1. The molecule has 0 saturated heterocycles. The van der Waals surface area contributed by atoms with Crippen molar-refractivity contribution < 1.29 is 57.2 Å². The molecule has 2 aromatic carbocycles. The van der Waals surface area contributed by atoms with Crippen LogP contribution in [-0.4, -0.2) is 134 Å². The number of hydrogen-bond acceptors (Lipinski definition) is 12. The maximum atomic E-state index is 12.8. The van der Waals surface area contributed by atoms with Gasteiger partial charge in [0, 0.05) is 40.1 Å². The molecule has 0 unspecified atom stereocenters. The Morgan fingerprint density at radius 2 is 1.21 bits per heavy atom. The van der Waals surface area contributed by atoms with Crippen molar-refractivity contribution >= 4 is 29.6 Å². The summed E-state index contributed by atoms with van der Waals surface area (Å²) in [4.78, 5) is 67.3. The molecule has 2 rings (SSSR count). The van der Waals surface area contributed by atoms with Crippen LogP contribution in [-0.2, 0) is 76.5 Å². The van der Waals surface area contributed by atoms with Crippen LogP contribution in [0.15, 0.2) is 54.6 Å². The Balaban J connectivity index is 1.54. The average Bonchev–Trinajstić information content (AvgIpc) is 3.19. The van der Waals surface area contributed by atoms with Crippen LogP contribution in [0, 0.1) is 0 Å². The number of methoxy groups -OCH3 is 1. The van der Waals surface area contributed by atoms with Gasteiger partial charge in [0.1, 0.15) is 13.4 Å². The molecule has 0 bridgehead atoms. The van der Waals surface area contributed by atoms with Gasteiger partial charge in [0.2, 0.25) is 17.7 Å². The van der Waals surface area contributed by atoms with Gasteiger partial charge < -0.3 is 48.8 Å². The van der Waals surface area contributed by atoms with E-state index in [4.69, 9.17) is 33.3 Å². The predicted molar refractivity (Wildman–Crippen MR) is 206 cm³/mol. The van der Waals surface area contributed by atoms with Crippen molar-refractivity contribution in [3.8, 4) is 0 Å². The summed E-state index contributed by atoms with van der Waals surface area (Å²) < 4.78 is 31.5. The molecule has 0 aromatic heterocycles. The predicted octanol–water partition coefficient (Wildman–Crippen LogP) is 1.92.